The first-order valence-corrected chi connectivity index (χ1v) is 27.6. The smallest absolute Gasteiger partial charge is 0.407 e. The van der Waals surface area contributed by atoms with E-state index in [-0.39, 0.29) is 59.5 Å². The summed E-state index contributed by atoms with van der Waals surface area (Å²) in [6, 6.07) is 25.7. The van der Waals surface area contributed by atoms with Crippen LogP contribution in [0.3, 0.4) is 0 Å². The van der Waals surface area contributed by atoms with Crippen LogP contribution < -0.4 is 36.1 Å². The maximum Gasteiger partial charge on any atom is 0.407 e. The SMILES string of the molecule is Cc1c2ccc(c1C)C(=O)NCCCN(CCCNC(=O)OC(C)(C)C)CCCNC(=O)c1ccc(c(OCc3ccccc3)c1OCc1ccccc1)C(=O)NCCCN(CCCCC(=O)OC(C)(C)C)CCCNC2=O. The first-order valence-electron chi connectivity index (χ1n) is 27.6. The summed E-state index contributed by atoms with van der Waals surface area (Å²) in [5.74, 6) is -1.17. The maximum absolute atomic E-state index is 14.3. The number of nitrogens with one attached hydrogen (secondary N) is 5. The van der Waals surface area contributed by atoms with Gasteiger partial charge in [-0.15, -0.1) is 0 Å². The number of alkyl carbamates (subject to hydrolysis) is 1. The number of carbonyl (C=O) groups excluding carboxylic acids is 6. The lowest BCUT2D eigenvalue weighted by molar-refractivity contribution is -0.154. The molecule has 4 aromatic carbocycles. The molecule has 0 radical (unpaired) electrons. The maximum atomic E-state index is 14.3. The van der Waals surface area contributed by atoms with Crippen LogP contribution in [0.1, 0.15) is 157 Å². The fourth-order valence-electron chi connectivity index (χ4n) is 8.85. The second-order valence-corrected chi connectivity index (χ2v) is 21.7. The molecule has 0 spiro atoms. The van der Waals surface area contributed by atoms with E-state index in [4.69, 9.17) is 18.9 Å². The molecule has 4 bridgehead atoms. The second kappa shape index (κ2) is 31.4. The number of benzene rings is 4. The number of hydrogen-bond acceptors (Lipinski definition) is 12. The summed E-state index contributed by atoms with van der Waals surface area (Å²) >= 11 is 0. The first-order chi connectivity index (χ1) is 37.3. The van der Waals surface area contributed by atoms with Crippen molar-refractivity contribution in [2.24, 2.45) is 0 Å². The van der Waals surface area contributed by atoms with Crippen LogP contribution in [-0.2, 0) is 27.5 Å². The van der Waals surface area contributed by atoms with Crippen LogP contribution in [-0.4, -0.2) is 129 Å². The van der Waals surface area contributed by atoms with Gasteiger partial charge >= 0.3 is 12.1 Å². The summed E-state index contributed by atoms with van der Waals surface area (Å²) in [5, 5.41) is 15.1. The summed E-state index contributed by atoms with van der Waals surface area (Å²) < 4.78 is 24.0. The Hall–Kier alpha value is -6.98. The van der Waals surface area contributed by atoms with Crippen molar-refractivity contribution in [1.29, 1.82) is 0 Å². The van der Waals surface area contributed by atoms with Crippen molar-refractivity contribution >= 4 is 35.7 Å². The van der Waals surface area contributed by atoms with Gasteiger partial charge in [0.05, 0.1) is 11.1 Å². The van der Waals surface area contributed by atoms with Gasteiger partial charge in [0.2, 0.25) is 0 Å². The van der Waals surface area contributed by atoms with Gasteiger partial charge in [0.1, 0.15) is 24.4 Å². The Balaban J connectivity index is 1.40. The molecule has 0 atom stereocenters. The summed E-state index contributed by atoms with van der Waals surface area (Å²) in [6.07, 6.45) is 4.32. The minimum absolute atomic E-state index is 0.106. The molecule has 424 valence electrons. The lowest BCUT2D eigenvalue weighted by Gasteiger charge is -2.24. The molecule has 0 saturated carbocycles. The number of ether oxygens (including phenoxy) is 4. The molecule has 0 fully saturated rings. The van der Waals surface area contributed by atoms with Gasteiger partial charge in [0.15, 0.2) is 11.5 Å². The zero-order valence-corrected chi connectivity index (χ0v) is 47.4. The molecule has 4 aliphatic rings. The molecular formula is C61H85N7O10. The number of nitrogens with zero attached hydrogens (tertiary/aromatic N) is 2. The van der Waals surface area contributed by atoms with Crippen molar-refractivity contribution in [2.75, 3.05) is 72.0 Å². The van der Waals surface area contributed by atoms with Crippen molar-refractivity contribution < 1.29 is 47.7 Å². The number of carbonyl (C=O) groups is 6. The molecule has 5 N–H and O–H groups in total. The van der Waals surface area contributed by atoms with Crippen LogP contribution in [0.2, 0.25) is 0 Å². The van der Waals surface area contributed by atoms with E-state index >= 15 is 0 Å². The summed E-state index contributed by atoms with van der Waals surface area (Å²) in [7, 11) is 0. The van der Waals surface area contributed by atoms with E-state index in [2.05, 4.69) is 36.4 Å². The first kappa shape index (κ1) is 61.9. The highest BCUT2D eigenvalue weighted by atomic mass is 16.6. The quantitative estimate of drug-likeness (QED) is 0.0560. The molecule has 78 heavy (non-hydrogen) atoms. The molecule has 0 unspecified atom stereocenters. The standard InChI is InChI=1S/C61H85N7O10/c1-44-45(2)49-28-27-48(44)55(70)62-31-17-37-67(36-16-15-26-52(69)77-60(3,4)5)38-19-33-64-57(72)50-29-30-51(54(76-43-47-24-13-10-14-25-47)53(50)75-42-46-22-11-9-12-23-46)58(73)65-34-20-40-68(39-18-32-63-56(49)71)41-21-35-66-59(74)78-61(6,7)8/h9-14,22-25,27-30H,15-21,26,31-43H2,1-8H3,(H,62,70)(H,63,71)(H,64,72)(H,65,73)(H,66,74). The number of amides is 5. The normalized spacial score (nSPS) is 15.5. The van der Waals surface area contributed by atoms with Crippen molar-refractivity contribution in [1.82, 2.24) is 36.4 Å². The minimum atomic E-state index is -0.620. The average molecular weight is 1080 g/mol. The monoisotopic (exact) mass is 1080 g/mol. The Morgan fingerprint density at radius 2 is 0.872 bits per heavy atom. The Labute approximate surface area is 462 Å². The molecule has 4 aromatic rings. The van der Waals surface area contributed by atoms with E-state index in [0.29, 0.717) is 128 Å². The number of hydrogen-bond donors (Lipinski definition) is 5. The van der Waals surface area contributed by atoms with Gasteiger partial charge in [-0.3, -0.25) is 24.0 Å². The lowest BCUT2D eigenvalue weighted by Crippen LogP contribution is -2.36. The molecule has 4 aliphatic heterocycles. The van der Waals surface area contributed by atoms with E-state index in [1.54, 1.807) is 24.3 Å². The van der Waals surface area contributed by atoms with E-state index in [9.17, 15) is 28.8 Å². The molecule has 17 heteroatoms. The fraction of sp³-hybridized carbons (Fsp3) is 0.508. The van der Waals surface area contributed by atoms with Crippen LogP contribution in [0.4, 0.5) is 4.79 Å². The van der Waals surface area contributed by atoms with E-state index in [1.807, 2.05) is 116 Å². The number of esters is 1. The lowest BCUT2D eigenvalue weighted by atomic mass is 9.97. The zero-order chi connectivity index (χ0) is 56.5. The molecule has 0 aliphatic carbocycles. The minimum Gasteiger partial charge on any atom is -0.484 e. The molecular weight excluding hydrogens is 991 g/mol. The fourth-order valence-corrected chi connectivity index (χ4v) is 8.85. The molecule has 17 nitrogen and oxygen atoms in total. The van der Waals surface area contributed by atoms with Crippen LogP contribution in [0, 0.1) is 13.8 Å². The molecule has 8 rings (SSSR count). The third-order valence-electron chi connectivity index (χ3n) is 12.9. The second-order valence-electron chi connectivity index (χ2n) is 21.7. The average Bonchev–Trinajstić information content (AvgIpc) is 3.40. The van der Waals surface area contributed by atoms with Crippen LogP contribution >= 0.6 is 0 Å². The van der Waals surface area contributed by atoms with Gasteiger partial charge in [-0.05, 0) is 186 Å². The van der Waals surface area contributed by atoms with E-state index in [0.717, 1.165) is 28.7 Å². The van der Waals surface area contributed by atoms with Gasteiger partial charge in [0.25, 0.3) is 23.6 Å². The predicted octanol–water partition coefficient (Wildman–Crippen LogP) is 8.69. The third kappa shape index (κ3) is 21.8. The predicted molar refractivity (Wildman–Crippen MR) is 303 cm³/mol. The zero-order valence-electron chi connectivity index (χ0n) is 47.4. The summed E-state index contributed by atoms with van der Waals surface area (Å²) in [5.41, 5.74) is 3.43. The summed E-state index contributed by atoms with van der Waals surface area (Å²) in [6.45, 7) is 20.6. The van der Waals surface area contributed by atoms with E-state index < -0.39 is 23.2 Å². The van der Waals surface area contributed by atoms with Crippen molar-refractivity contribution in [2.45, 2.75) is 131 Å². The van der Waals surface area contributed by atoms with Gasteiger partial charge in [-0.2, -0.15) is 0 Å². The van der Waals surface area contributed by atoms with E-state index in [1.165, 1.54) is 0 Å². The highest BCUT2D eigenvalue weighted by Crippen LogP contribution is 2.37. The van der Waals surface area contributed by atoms with Crippen molar-refractivity contribution in [3.63, 3.8) is 0 Å². The number of unbranched alkanes of at least 4 members (excludes halogenated alkanes) is 1. The largest absolute Gasteiger partial charge is 0.484 e. The Kier molecular flexibility index (Phi) is 24.9. The Morgan fingerprint density at radius 1 is 0.500 bits per heavy atom. The Bertz CT molecular complexity index is 2400. The topological polar surface area (TPSA) is 206 Å². The third-order valence-corrected chi connectivity index (χ3v) is 12.9. The van der Waals surface area contributed by atoms with Gasteiger partial charge < -0.3 is 55.3 Å². The van der Waals surface area contributed by atoms with Gasteiger partial charge in [-0.25, -0.2) is 4.79 Å². The molecule has 0 saturated heterocycles. The van der Waals surface area contributed by atoms with Crippen molar-refractivity contribution in [3.05, 3.63) is 129 Å². The van der Waals surface area contributed by atoms with Crippen LogP contribution in [0.25, 0.3) is 0 Å². The highest BCUT2D eigenvalue weighted by Gasteiger charge is 2.26. The van der Waals surface area contributed by atoms with Gasteiger partial charge in [0, 0.05) is 50.3 Å². The molecule has 4 heterocycles. The Morgan fingerprint density at radius 3 is 1.27 bits per heavy atom. The van der Waals surface area contributed by atoms with Gasteiger partial charge in [-0.1, -0.05) is 60.7 Å². The number of rotatable bonds is 15. The molecule has 0 aromatic heterocycles. The van der Waals surface area contributed by atoms with Crippen LogP contribution in [0.15, 0.2) is 84.9 Å². The van der Waals surface area contributed by atoms with Crippen LogP contribution in [0.5, 0.6) is 11.5 Å². The molecule has 5 amide bonds. The highest BCUT2D eigenvalue weighted by molar-refractivity contribution is 6.03. The van der Waals surface area contributed by atoms with Crippen molar-refractivity contribution in [3.8, 4) is 11.5 Å². The summed E-state index contributed by atoms with van der Waals surface area (Å²) in [4.78, 5) is 85.1.